The molecular formula is C39H63N3Y3. The second kappa shape index (κ2) is 28.2. The van der Waals surface area contributed by atoms with E-state index in [1.54, 1.807) is 5.57 Å². The third-order valence-electron chi connectivity index (χ3n) is 7.64. The fraction of sp³-hybridized carbons (Fsp3) is 0.538. The Bertz CT molecular complexity index is 1100. The van der Waals surface area contributed by atoms with Gasteiger partial charge in [-0.2, -0.15) is 0 Å². The first-order valence-electron chi connectivity index (χ1n) is 16.8. The molecule has 0 bridgehead atoms. The number of allylic oxidation sites excluding steroid dienone is 10. The normalized spacial score (nSPS) is 17.3. The van der Waals surface area contributed by atoms with Crippen LogP contribution in [0.5, 0.6) is 0 Å². The molecule has 6 rings (SSSR count). The van der Waals surface area contributed by atoms with Crippen LogP contribution in [0.15, 0.2) is 107 Å². The standard InChI is InChI=1S/3C11H15N.3C2H6.3Y/c3*1-9(2)12-7-6-10-4-3-5-11(10)8-12;3*1-2;;;/h4-7,9H,3,8H2,1-2H3;3,5-7,9H,4,8H2,1-2H3;3-4,6-7,9H,5,8H2,1-2H3;3*1-2H3;;;. The molecule has 6 aliphatic rings. The van der Waals surface area contributed by atoms with E-state index in [1.165, 1.54) is 27.9 Å². The average molecular weight is 841 g/mol. The molecule has 3 aliphatic carbocycles. The zero-order valence-corrected chi connectivity index (χ0v) is 39.5. The predicted molar refractivity (Wildman–Crippen MR) is 189 cm³/mol. The van der Waals surface area contributed by atoms with Crippen LogP contribution in [0.25, 0.3) is 0 Å². The van der Waals surface area contributed by atoms with Crippen LogP contribution in [0.3, 0.4) is 0 Å². The summed E-state index contributed by atoms with van der Waals surface area (Å²) in [5.74, 6) is 0. The molecule has 0 fully saturated rings. The van der Waals surface area contributed by atoms with Crippen LogP contribution in [0.4, 0.5) is 0 Å². The van der Waals surface area contributed by atoms with Crippen LogP contribution in [-0.2, 0) is 98.1 Å². The summed E-state index contributed by atoms with van der Waals surface area (Å²) in [6.45, 7) is 28.7. The summed E-state index contributed by atoms with van der Waals surface area (Å²) in [6.07, 6.45) is 30.4. The van der Waals surface area contributed by atoms with Crippen molar-refractivity contribution in [1.29, 1.82) is 0 Å². The van der Waals surface area contributed by atoms with E-state index in [2.05, 4.69) is 130 Å². The first-order valence-corrected chi connectivity index (χ1v) is 16.8. The maximum absolute atomic E-state index is 2.38. The van der Waals surface area contributed by atoms with Crippen LogP contribution < -0.4 is 0 Å². The van der Waals surface area contributed by atoms with Gasteiger partial charge in [-0.05, 0) is 119 Å². The molecule has 0 aromatic rings. The summed E-state index contributed by atoms with van der Waals surface area (Å²) in [6, 6.07) is 1.85. The van der Waals surface area contributed by atoms with Crippen molar-refractivity contribution in [3.8, 4) is 0 Å². The molecule has 0 atom stereocenters. The first kappa shape index (κ1) is 49.8. The van der Waals surface area contributed by atoms with Gasteiger partial charge < -0.3 is 14.7 Å². The molecule has 0 aromatic carbocycles. The summed E-state index contributed by atoms with van der Waals surface area (Å²) in [5, 5.41) is 0. The molecule has 45 heavy (non-hydrogen) atoms. The number of nitrogens with zero attached hydrogens (tertiary/aromatic N) is 3. The van der Waals surface area contributed by atoms with Gasteiger partial charge in [0.05, 0.1) is 0 Å². The van der Waals surface area contributed by atoms with Crippen LogP contribution >= 0.6 is 0 Å². The number of rotatable bonds is 3. The van der Waals surface area contributed by atoms with Gasteiger partial charge in [0, 0.05) is 148 Å². The molecule has 3 radical (unpaired) electrons. The Morgan fingerprint density at radius 2 is 1.02 bits per heavy atom. The third-order valence-corrected chi connectivity index (χ3v) is 7.64. The number of hydrogen-bond acceptors (Lipinski definition) is 3. The molecule has 0 N–H and O–H groups in total. The fourth-order valence-corrected chi connectivity index (χ4v) is 5.07. The van der Waals surface area contributed by atoms with Crippen molar-refractivity contribution in [3.63, 3.8) is 0 Å². The third kappa shape index (κ3) is 16.6. The monoisotopic (exact) mass is 840 g/mol. The quantitative estimate of drug-likeness (QED) is 0.280. The Labute approximate surface area is 355 Å². The minimum Gasteiger partial charge on any atom is -0.371 e. The zero-order valence-electron chi connectivity index (χ0n) is 31.0. The molecule has 0 unspecified atom stereocenters. The summed E-state index contributed by atoms with van der Waals surface area (Å²) in [7, 11) is 0. The van der Waals surface area contributed by atoms with Crippen LogP contribution in [0, 0.1) is 0 Å². The SMILES string of the molecule is CC.CC.CC.CC(C)N1C=CC2=C(C=CC2)C1.CC(C)N1C=CC2=C(CC=C2)C1.CC(C)N1C=CC2=CCC=C2C1.[Y].[Y].[Y]. The van der Waals surface area contributed by atoms with Gasteiger partial charge >= 0.3 is 0 Å². The van der Waals surface area contributed by atoms with E-state index in [1.807, 2.05) is 41.5 Å². The molecule has 0 aromatic heterocycles. The molecule has 3 heterocycles. The van der Waals surface area contributed by atoms with Gasteiger partial charge in [0.15, 0.2) is 0 Å². The van der Waals surface area contributed by atoms with E-state index >= 15 is 0 Å². The van der Waals surface area contributed by atoms with Gasteiger partial charge in [0.25, 0.3) is 0 Å². The molecular weight excluding hydrogens is 777 g/mol. The number of hydrogen-bond donors (Lipinski definition) is 0. The van der Waals surface area contributed by atoms with Gasteiger partial charge in [-0.3, -0.25) is 0 Å². The van der Waals surface area contributed by atoms with Crippen molar-refractivity contribution < 1.29 is 98.1 Å². The predicted octanol–water partition coefficient (Wildman–Crippen LogP) is 10.5. The van der Waals surface area contributed by atoms with Crippen LogP contribution in [-0.4, -0.2) is 52.5 Å². The number of fused-ring (bicyclic) bond motifs is 1. The van der Waals surface area contributed by atoms with Gasteiger partial charge in [-0.15, -0.1) is 0 Å². The molecule has 0 saturated carbocycles. The topological polar surface area (TPSA) is 9.72 Å². The summed E-state index contributed by atoms with van der Waals surface area (Å²) in [4.78, 5) is 7.12. The molecule has 243 valence electrons. The van der Waals surface area contributed by atoms with Crippen molar-refractivity contribution in [3.05, 3.63) is 107 Å². The minimum atomic E-state index is 0. The minimum absolute atomic E-state index is 0. The van der Waals surface area contributed by atoms with E-state index in [9.17, 15) is 0 Å². The summed E-state index contributed by atoms with van der Waals surface area (Å²) >= 11 is 0. The molecule has 3 nitrogen and oxygen atoms in total. The maximum atomic E-state index is 2.38. The van der Waals surface area contributed by atoms with Gasteiger partial charge in [0.1, 0.15) is 0 Å². The van der Waals surface area contributed by atoms with Crippen molar-refractivity contribution in [2.24, 2.45) is 0 Å². The summed E-state index contributed by atoms with van der Waals surface area (Å²) in [5.41, 5.74) is 8.97. The average Bonchev–Trinajstić information content (AvgIpc) is 3.80. The van der Waals surface area contributed by atoms with Gasteiger partial charge in [-0.1, -0.05) is 78.0 Å². The molecule has 0 amide bonds. The largest absolute Gasteiger partial charge is 0.371 e. The van der Waals surface area contributed by atoms with Gasteiger partial charge in [-0.25, -0.2) is 0 Å². The fourth-order valence-electron chi connectivity index (χ4n) is 5.07. The van der Waals surface area contributed by atoms with Crippen molar-refractivity contribution in [2.75, 3.05) is 19.6 Å². The zero-order chi connectivity index (χ0) is 31.7. The van der Waals surface area contributed by atoms with E-state index in [0.29, 0.717) is 18.1 Å². The van der Waals surface area contributed by atoms with Crippen LogP contribution in [0.2, 0.25) is 0 Å². The second-order valence-corrected chi connectivity index (χ2v) is 11.2. The van der Waals surface area contributed by atoms with Crippen LogP contribution in [0.1, 0.15) is 102 Å². The molecule has 0 saturated heterocycles. The molecule has 0 spiro atoms. The second-order valence-electron chi connectivity index (χ2n) is 11.2. The van der Waals surface area contributed by atoms with Crippen molar-refractivity contribution in [2.45, 2.75) is 120 Å². The van der Waals surface area contributed by atoms with E-state index < -0.39 is 0 Å². The van der Waals surface area contributed by atoms with E-state index in [-0.39, 0.29) is 98.1 Å². The van der Waals surface area contributed by atoms with Crippen molar-refractivity contribution >= 4 is 0 Å². The Morgan fingerprint density at radius 1 is 0.511 bits per heavy atom. The van der Waals surface area contributed by atoms with Gasteiger partial charge in [0.2, 0.25) is 0 Å². The maximum Gasteiger partial charge on any atom is 0.0429 e. The smallest absolute Gasteiger partial charge is 0.0429 e. The first-order chi connectivity index (χ1) is 20.3. The van der Waals surface area contributed by atoms with E-state index in [4.69, 9.17) is 0 Å². The Kier molecular flexibility index (Phi) is 31.2. The van der Waals surface area contributed by atoms with E-state index in [0.717, 1.165) is 38.9 Å². The summed E-state index contributed by atoms with van der Waals surface area (Å²) < 4.78 is 0. The Hall–Kier alpha value is 0.372. The Morgan fingerprint density at radius 3 is 1.62 bits per heavy atom. The molecule has 3 aliphatic heterocycles. The Balaban J connectivity index is -0.000000526. The van der Waals surface area contributed by atoms with Crippen molar-refractivity contribution in [1.82, 2.24) is 14.7 Å². The molecule has 6 heteroatoms.